The SMILES string of the molecule is O=C1CCC1c1ccc(F)c(I)c1. The predicted octanol–water partition coefficient (Wildman–Crippen LogP) is 2.88. The molecule has 13 heavy (non-hydrogen) atoms. The minimum atomic E-state index is -0.212. The molecular formula is C10H8FIO. The fourth-order valence-corrected chi connectivity index (χ4v) is 2.03. The Morgan fingerprint density at radius 2 is 2.23 bits per heavy atom. The first-order valence-corrected chi connectivity index (χ1v) is 5.24. The molecule has 0 aromatic heterocycles. The van der Waals surface area contributed by atoms with Crippen molar-refractivity contribution < 1.29 is 9.18 Å². The van der Waals surface area contributed by atoms with Crippen LogP contribution < -0.4 is 0 Å². The number of halogens is 2. The molecule has 0 heterocycles. The van der Waals surface area contributed by atoms with Crippen molar-refractivity contribution in [1.82, 2.24) is 0 Å². The number of rotatable bonds is 1. The highest BCUT2D eigenvalue weighted by Gasteiger charge is 2.29. The van der Waals surface area contributed by atoms with Crippen LogP contribution in [0.2, 0.25) is 0 Å². The van der Waals surface area contributed by atoms with Crippen molar-refractivity contribution in [1.29, 1.82) is 0 Å². The molecule has 1 atom stereocenters. The van der Waals surface area contributed by atoms with Crippen LogP contribution in [-0.2, 0) is 4.79 Å². The van der Waals surface area contributed by atoms with E-state index in [-0.39, 0.29) is 17.5 Å². The maximum atomic E-state index is 12.9. The van der Waals surface area contributed by atoms with Crippen molar-refractivity contribution in [2.24, 2.45) is 0 Å². The second-order valence-corrected chi connectivity index (χ2v) is 4.39. The average molecular weight is 290 g/mol. The van der Waals surface area contributed by atoms with E-state index in [1.807, 2.05) is 22.6 Å². The van der Waals surface area contributed by atoms with Gasteiger partial charge < -0.3 is 0 Å². The third-order valence-corrected chi connectivity index (χ3v) is 3.24. The van der Waals surface area contributed by atoms with Crippen LogP contribution in [0.25, 0.3) is 0 Å². The van der Waals surface area contributed by atoms with Gasteiger partial charge in [-0.1, -0.05) is 6.07 Å². The maximum absolute atomic E-state index is 12.9. The predicted molar refractivity (Wildman–Crippen MR) is 56.1 cm³/mol. The molecule has 0 aliphatic heterocycles. The van der Waals surface area contributed by atoms with Gasteiger partial charge in [-0.15, -0.1) is 0 Å². The van der Waals surface area contributed by atoms with E-state index in [0.29, 0.717) is 9.99 Å². The van der Waals surface area contributed by atoms with Crippen LogP contribution in [-0.4, -0.2) is 5.78 Å². The quantitative estimate of drug-likeness (QED) is 0.727. The molecule has 0 N–H and O–H groups in total. The van der Waals surface area contributed by atoms with Crippen LogP contribution in [0.15, 0.2) is 18.2 Å². The zero-order valence-electron chi connectivity index (χ0n) is 6.89. The van der Waals surface area contributed by atoms with Gasteiger partial charge in [-0.3, -0.25) is 4.79 Å². The smallest absolute Gasteiger partial charge is 0.140 e. The molecule has 0 amide bonds. The molecule has 68 valence electrons. The van der Waals surface area contributed by atoms with E-state index in [2.05, 4.69) is 0 Å². The van der Waals surface area contributed by atoms with Gasteiger partial charge in [-0.05, 0) is 46.7 Å². The van der Waals surface area contributed by atoms with Gasteiger partial charge in [0.2, 0.25) is 0 Å². The van der Waals surface area contributed by atoms with Crippen LogP contribution in [0.3, 0.4) is 0 Å². The summed E-state index contributed by atoms with van der Waals surface area (Å²) in [6.07, 6.45) is 1.60. The molecule has 1 nitrogen and oxygen atoms in total. The van der Waals surface area contributed by atoms with Crippen molar-refractivity contribution in [3.63, 3.8) is 0 Å². The second-order valence-electron chi connectivity index (χ2n) is 3.23. The van der Waals surface area contributed by atoms with E-state index in [4.69, 9.17) is 0 Å². The molecule has 0 spiro atoms. The summed E-state index contributed by atoms with van der Waals surface area (Å²) in [6, 6.07) is 4.90. The number of carbonyl (C=O) groups excluding carboxylic acids is 1. The summed E-state index contributed by atoms with van der Waals surface area (Å²) < 4.78 is 13.5. The number of Topliss-reactive ketones (excluding diaryl/α,β-unsaturated/α-hetero) is 1. The summed E-state index contributed by atoms with van der Waals surface area (Å²) in [5.74, 6) is 0.104. The first kappa shape index (κ1) is 9.12. The first-order chi connectivity index (χ1) is 6.18. The minimum absolute atomic E-state index is 0.0362. The number of carbonyl (C=O) groups is 1. The summed E-state index contributed by atoms with van der Waals surface area (Å²) in [4.78, 5) is 11.1. The van der Waals surface area contributed by atoms with Crippen LogP contribution >= 0.6 is 22.6 Å². The van der Waals surface area contributed by atoms with E-state index >= 15 is 0 Å². The van der Waals surface area contributed by atoms with Gasteiger partial charge in [0.05, 0.1) is 0 Å². The van der Waals surface area contributed by atoms with E-state index in [1.165, 1.54) is 6.07 Å². The Labute approximate surface area is 89.5 Å². The lowest BCUT2D eigenvalue weighted by Crippen LogP contribution is -2.23. The highest BCUT2D eigenvalue weighted by molar-refractivity contribution is 14.1. The molecule has 1 saturated carbocycles. The van der Waals surface area contributed by atoms with Crippen LogP contribution in [0.4, 0.5) is 4.39 Å². The zero-order chi connectivity index (χ0) is 9.42. The van der Waals surface area contributed by atoms with Gasteiger partial charge in [0.15, 0.2) is 0 Å². The van der Waals surface area contributed by atoms with Gasteiger partial charge in [0, 0.05) is 15.9 Å². The Morgan fingerprint density at radius 3 is 2.69 bits per heavy atom. The van der Waals surface area contributed by atoms with Crippen molar-refractivity contribution >= 4 is 28.4 Å². The zero-order valence-corrected chi connectivity index (χ0v) is 9.05. The Morgan fingerprint density at radius 1 is 1.46 bits per heavy atom. The molecule has 1 fully saturated rings. The second kappa shape index (κ2) is 3.36. The Kier molecular flexibility index (Phi) is 2.36. The van der Waals surface area contributed by atoms with Gasteiger partial charge in [-0.2, -0.15) is 0 Å². The van der Waals surface area contributed by atoms with Crippen LogP contribution in [0.1, 0.15) is 24.3 Å². The number of hydrogen-bond donors (Lipinski definition) is 0. The summed E-state index contributed by atoms with van der Waals surface area (Å²) in [5.41, 5.74) is 0.960. The molecule has 1 aromatic carbocycles. The van der Waals surface area contributed by atoms with Crippen molar-refractivity contribution in [3.05, 3.63) is 33.1 Å². The van der Waals surface area contributed by atoms with Crippen LogP contribution in [0, 0.1) is 9.39 Å². The number of benzene rings is 1. The summed E-state index contributed by atoms with van der Waals surface area (Å²) in [5, 5.41) is 0. The molecule has 1 aliphatic carbocycles. The van der Waals surface area contributed by atoms with E-state index in [1.54, 1.807) is 12.1 Å². The van der Waals surface area contributed by atoms with E-state index < -0.39 is 0 Å². The fourth-order valence-electron chi connectivity index (χ4n) is 1.49. The van der Waals surface area contributed by atoms with Crippen molar-refractivity contribution in [2.45, 2.75) is 18.8 Å². The summed E-state index contributed by atoms with van der Waals surface area (Å²) >= 11 is 1.94. The highest BCUT2D eigenvalue weighted by Crippen LogP contribution is 2.33. The Hall–Kier alpha value is -0.450. The van der Waals surface area contributed by atoms with Gasteiger partial charge in [0.1, 0.15) is 11.6 Å². The molecule has 1 aromatic rings. The molecule has 1 aliphatic rings. The largest absolute Gasteiger partial charge is 0.299 e. The summed E-state index contributed by atoms with van der Waals surface area (Å²) in [7, 11) is 0. The van der Waals surface area contributed by atoms with E-state index in [9.17, 15) is 9.18 Å². The molecule has 0 bridgehead atoms. The Balaban J connectivity index is 2.31. The molecule has 0 saturated heterocycles. The van der Waals surface area contributed by atoms with Gasteiger partial charge in [0.25, 0.3) is 0 Å². The molecule has 0 radical (unpaired) electrons. The topological polar surface area (TPSA) is 17.1 Å². The van der Waals surface area contributed by atoms with Crippen LogP contribution in [0.5, 0.6) is 0 Å². The molecule has 2 rings (SSSR count). The lowest BCUT2D eigenvalue weighted by molar-refractivity contribution is -0.125. The van der Waals surface area contributed by atoms with E-state index in [0.717, 1.165) is 12.0 Å². The van der Waals surface area contributed by atoms with Crippen molar-refractivity contribution in [2.75, 3.05) is 0 Å². The molecule has 1 unspecified atom stereocenters. The maximum Gasteiger partial charge on any atom is 0.140 e. The molecular weight excluding hydrogens is 282 g/mol. The normalized spacial score (nSPS) is 21.4. The third-order valence-electron chi connectivity index (χ3n) is 2.41. The van der Waals surface area contributed by atoms with Gasteiger partial charge in [-0.25, -0.2) is 4.39 Å². The highest BCUT2D eigenvalue weighted by atomic mass is 127. The first-order valence-electron chi connectivity index (χ1n) is 4.16. The average Bonchev–Trinajstić information content (AvgIpc) is 2.09. The third kappa shape index (κ3) is 1.61. The van der Waals surface area contributed by atoms with Crippen molar-refractivity contribution in [3.8, 4) is 0 Å². The monoisotopic (exact) mass is 290 g/mol. The number of ketones is 1. The standard InChI is InChI=1S/C10H8FIO/c11-8-3-1-6(5-9(8)12)7-2-4-10(7)13/h1,3,5,7H,2,4H2. The minimum Gasteiger partial charge on any atom is -0.299 e. The Bertz CT molecular complexity index is 362. The lowest BCUT2D eigenvalue weighted by Gasteiger charge is -2.24. The fraction of sp³-hybridized carbons (Fsp3) is 0.300. The van der Waals surface area contributed by atoms with Gasteiger partial charge >= 0.3 is 0 Å². The number of hydrogen-bond acceptors (Lipinski definition) is 1. The molecule has 3 heteroatoms. The summed E-state index contributed by atoms with van der Waals surface area (Å²) in [6.45, 7) is 0. The lowest BCUT2D eigenvalue weighted by atomic mass is 9.79.